The van der Waals surface area contributed by atoms with Gasteiger partial charge >= 0.3 is 0 Å². The Bertz CT molecular complexity index is 484. The number of oxazole rings is 1. The van der Waals surface area contributed by atoms with E-state index in [1.165, 1.54) is 0 Å². The molecule has 0 saturated heterocycles. The summed E-state index contributed by atoms with van der Waals surface area (Å²) >= 11 is 1.60. The van der Waals surface area contributed by atoms with Gasteiger partial charge in [-0.15, -0.1) is 0 Å². The molecule has 0 atom stereocenters. The van der Waals surface area contributed by atoms with E-state index in [4.69, 9.17) is 15.3 Å². The van der Waals surface area contributed by atoms with E-state index in [9.17, 15) is 0 Å². The summed E-state index contributed by atoms with van der Waals surface area (Å²) in [7, 11) is 0. The van der Waals surface area contributed by atoms with Crippen LogP contribution in [0.2, 0.25) is 0 Å². The van der Waals surface area contributed by atoms with Gasteiger partial charge in [-0.2, -0.15) is 0 Å². The van der Waals surface area contributed by atoms with Crippen LogP contribution >= 0.6 is 11.8 Å². The summed E-state index contributed by atoms with van der Waals surface area (Å²) in [4.78, 5) is 4.36. The van der Waals surface area contributed by atoms with Crippen molar-refractivity contribution in [2.75, 3.05) is 18.1 Å². The van der Waals surface area contributed by atoms with Crippen LogP contribution in [0.4, 0.5) is 5.69 Å². The second-order valence-corrected chi connectivity index (χ2v) is 4.89. The van der Waals surface area contributed by atoms with Crippen LogP contribution in [0.5, 0.6) is 0 Å². The standard InChI is InChI=1S/C12H16N2O2S/c13-9-4-5-10-11(8-9)16-12(14-10)17-7-3-1-2-6-15/h4-5,8,15H,1-3,6-7,13H2. The van der Waals surface area contributed by atoms with Crippen molar-refractivity contribution < 1.29 is 9.52 Å². The molecule has 0 spiro atoms. The fraction of sp³-hybridized carbons (Fsp3) is 0.417. The Hall–Kier alpha value is -1.20. The highest BCUT2D eigenvalue weighted by atomic mass is 32.2. The molecule has 0 radical (unpaired) electrons. The number of fused-ring (bicyclic) bond motifs is 1. The van der Waals surface area contributed by atoms with Gasteiger partial charge in [-0.25, -0.2) is 4.98 Å². The SMILES string of the molecule is Nc1ccc2nc(SCCCCCO)oc2c1. The minimum Gasteiger partial charge on any atom is -0.431 e. The van der Waals surface area contributed by atoms with Crippen LogP contribution in [0, 0.1) is 0 Å². The quantitative estimate of drug-likeness (QED) is 0.470. The number of aliphatic hydroxyl groups is 1. The van der Waals surface area contributed by atoms with E-state index < -0.39 is 0 Å². The zero-order chi connectivity index (χ0) is 12.1. The van der Waals surface area contributed by atoms with Crippen molar-refractivity contribution in [2.24, 2.45) is 0 Å². The van der Waals surface area contributed by atoms with E-state index in [2.05, 4.69) is 4.98 Å². The normalized spacial score (nSPS) is 11.1. The second kappa shape index (κ2) is 5.93. The van der Waals surface area contributed by atoms with E-state index in [1.54, 1.807) is 17.8 Å². The maximum Gasteiger partial charge on any atom is 0.256 e. The molecule has 1 heterocycles. The molecule has 2 rings (SSSR count). The Labute approximate surface area is 104 Å². The van der Waals surface area contributed by atoms with Crippen molar-refractivity contribution in [3.05, 3.63) is 18.2 Å². The summed E-state index contributed by atoms with van der Waals surface area (Å²) in [5.41, 5.74) is 7.94. The molecule has 0 unspecified atom stereocenters. The number of benzene rings is 1. The Kier molecular flexibility index (Phi) is 4.28. The molecule has 0 aliphatic carbocycles. The lowest BCUT2D eigenvalue weighted by atomic mass is 10.3. The summed E-state index contributed by atoms with van der Waals surface area (Å²) in [5.74, 6) is 0.961. The van der Waals surface area contributed by atoms with Crippen LogP contribution in [0.25, 0.3) is 11.1 Å². The molecule has 17 heavy (non-hydrogen) atoms. The van der Waals surface area contributed by atoms with Gasteiger partial charge in [0, 0.05) is 24.1 Å². The number of anilines is 1. The van der Waals surface area contributed by atoms with Crippen molar-refractivity contribution in [3.63, 3.8) is 0 Å². The molecule has 0 amide bonds. The number of unbranched alkanes of at least 4 members (excludes halogenated alkanes) is 2. The average Bonchev–Trinajstić information content (AvgIpc) is 2.70. The molecule has 2 aromatic rings. The number of aromatic nitrogens is 1. The zero-order valence-electron chi connectivity index (χ0n) is 9.56. The molecule has 5 heteroatoms. The van der Waals surface area contributed by atoms with Gasteiger partial charge in [0.15, 0.2) is 5.58 Å². The number of nitrogens with zero attached hydrogens (tertiary/aromatic N) is 1. The van der Waals surface area contributed by atoms with Crippen LogP contribution in [0.3, 0.4) is 0 Å². The third-order valence-electron chi connectivity index (χ3n) is 2.42. The van der Waals surface area contributed by atoms with Crippen molar-refractivity contribution in [1.29, 1.82) is 0 Å². The average molecular weight is 252 g/mol. The summed E-state index contributed by atoms with van der Waals surface area (Å²) in [6.07, 6.45) is 2.97. The molecule has 0 bridgehead atoms. The number of rotatable bonds is 6. The molecule has 4 nitrogen and oxygen atoms in total. The number of nitrogen functional groups attached to an aromatic ring is 1. The molecular formula is C12H16N2O2S. The summed E-state index contributed by atoms with van der Waals surface area (Å²) < 4.78 is 5.58. The first-order valence-electron chi connectivity index (χ1n) is 5.69. The van der Waals surface area contributed by atoms with Crippen LogP contribution < -0.4 is 5.73 Å². The molecule has 3 N–H and O–H groups in total. The molecular weight excluding hydrogens is 236 g/mol. The van der Waals surface area contributed by atoms with Crippen molar-refractivity contribution in [2.45, 2.75) is 24.5 Å². The molecule has 0 saturated carbocycles. The number of thioether (sulfide) groups is 1. The van der Waals surface area contributed by atoms with Gasteiger partial charge in [0.05, 0.1) is 0 Å². The lowest BCUT2D eigenvalue weighted by Crippen LogP contribution is -1.85. The molecule has 0 aliphatic heterocycles. The predicted octanol–water partition coefficient (Wildman–Crippen LogP) is 2.66. The van der Waals surface area contributed by atoms with Crippen molar-refractivity contribution in [1.82, 2.24) is 4.98 Å². The van der Waals surface area contributed by atoms with Crippen LogP contribution in [0.1, 0.15) is 19.3 Å². The maximum atomic E-state index is 8.65. The Morgan fingerprint density at radius 3 is 3.00 bits per heavy atom. The Morgan fingerprint density at radius 1 is 1.29 bits per heavy atom. The van der Waals surface area contributed by atoms with Gasteiger partial charge in [0.1, 0.15) is 5.52 Å². The summed E-state index contributed by atoms with van der Waals surface area (Å²) in [6, 6.07) is 5.47. The zero-order valence-corrected chi connectivity index (χ0v) is 10.4. The highest BCUT2D eigenvalue weighted by molar-refractivity contribution is 7.99. The van der Waals surface area contributed by atoms with Crippen molar-refractivity contribution >= 4 is 28.5 Å². The first-order chi connectivity index (χ1) is 8.29. The molecule has 1 aromatic carbocycles. The van der Waals surface area contributed by atoms with Gasteiger partial charge < -0.3 is 15.3 Å². The van der Waals surface area contributed by atoms with E-state index in [-0.39, 0.29) is 6.61 Å². The molecule has 1 aromatic heterocycles. The number of nitrogens with two attached hydrogens (primary N) is 1. The van der Waals surface area contributed by atoms with Gasteiger partial charge in [-0.3, -0.25) is 0 Å². The smallest absolute Gasteiger partial charge is 0.256 e. The van der Waals surface area contributed by atoms with Gasteiger partial charge in [-0.05, 0) is 25.0 Å². The minimum absolute atomic E-state index is 0.271. The lowest BCUT2D eigenvalue weighted by Gasteiger charge is -1.96. The number of hydrogen-bond donors (Lipinski definition) is 2. The fourth-order valence-electron chi connectivity index (χ4n) is 1.53. The molecule has 0 aliphatic rings. The third-order valence-corrected chi connectivity index (χ3v) is 3.34. The Balaban J connectivity index is 1.91. The van der Waals surface area contributed by atoms with E-state index >= 15 is 0 Å². The van der Waals surface area contributed by atoms with Gasteiger partial charge in [0.2, 0.25) is 0 Å². The largest absolute Gasteiger partial charge is 0.431 e. The summed E-state index contributed by atoms with van der Waals surface area (Å²) in [6.45, 7) is 0.271. The van der Waals surface area contributed by atoms with Gasteiger partial charge in [0.25, 0.3) is 5.22 Å². The van der Waals surface area contributed by atoms with E-state index in [0.717, 1.165) is 36.1 Å². The first kappa shape index (κ1) is 12.3. The highest BCUT2D eigenvalue weighted by Gasteiger charge is 2.05. The maximum absolute atomic E-state index is 8.65. The Morgan fingerprint density at radius 2 is 2.18 bits per heavy atom. The van der Waals surface area contributed by atoms with Crippen LogP contribution in [0.15, 0.2) is 27.8 Å². The van der Waals surface area contributed by atoms with E-state index in [1.807, 2.05) is 12.1 Å². The second-order valence-electron chi connectivity index (χ2n) is 3.84. The topological polar surface area (TPSA) is 72.3 Å². The highest BCUT2D eigenvalue weighted by Crippen LogP contribution is 2.25. The van der Waals surface area contributed by atoms with Crippen LogP contribution in [-0.4, -0.2) is 22.5 Å². The molecule has 0 fully saturated rings. The number of hydrogen-bond acceptors (Lipinski definition) is 5. The number of aliphatic hydroxyl groups excluding tert-OH is 1. The summed E-state index contributed by atoms with van der Waals surface area (Å²) in [5, 5.41) is 9.34. The fourth-order valence-corrected chi connectivity index (χ4v) is 2.37. The molecule has 92 valence electrons. The van der Waals surface area contributed by atoms with Crippen LogP contribution in [-0.2, 0) is 0 Å². The predicted molar refractivity (Wildman–Crippen MR) is 70.1 cm³/mol. The van der Waals surface area contributed by atoms with E-state index in [0.29, 0.717) is 10.9 Å². The van der Waals surface area contributed by atoms with Crippen molar-refractivity contribution in [3.8, 4) is 0 Å². The monoisotopic (exact) mass is 252 g/mol. The minimum atomic E-state index is 0.271. The lowest BCUT2D eigenvalue weighted by molar-refractivity contribution is 0.284. The third kappa shape index (κ3) is 3.38. The first-order valence-corrected chi connectivity index (χ1v) is 6.68. The van der Waals surface area contributed by atoms with Gasteiger partial charge in [-0.1, -0.05) is 18.2 Å².